The van der Waals surface area contributed by atoms with Crippen molar-refractivity contribution in [3.63, 3.8) is 0 Å². The summed E-state index contributed by atoms with van der Waals surface area (Å²) in [6.45, 7) is 6.02. The van der Waals surface area contributed by atoms with Gasteiger partial charge in [-0.1, -0.05) is 43.2 Å². The van der Waals surface area contributed by atoms with Crippen LogP contribution in [0.25, 0.3) is 0 Å². The standard InChI is InChI=1S/C18H26N2O/c1-15-13-20(18(21)17-9-5-6-10-17)12-11-19(15)14-16-7-3-2-4-8-16/h2-4,7-8,15,17H,5-6,9-14H2,1H3. The summed E-state index contributed by atoms with van der Waals surface area (Å²) >= 11 is 0. The first-order chi connectivity index (χ1) is 10.2. The molecule has 1 saturated carbocycles. The van der Waals surface area contributed by atoms with E-state index in [0.29, 0.717) is 17.9 Å². The van der Waals surface area contributed by atoms with Gasteiger partial charge in [0.15, 0.2) is 0 Å². The minimum Gasteiger partial charge on any atom is -0.340 e. The lowest BCUT2D eigenvalue weighted by atomic mass is 10.0. The molecule has 0 N–H and O–H groups in total. The normalized spacial score (nSPS) is 24.4. The topological polar surface area (TPSA) is 23.6 Å². The fourth-order valence-corrected chi connectivity index (χ4v) is 3.68. The second kappa shape index (κ2) is 6.61. The SMILES string of the molecule is CC1CN(C(=O)C2CCCC2)CCN1Cc1ccccc1. The van der Waals surface area contributed by atoms with Crippen LogP contribution in [0.3, 0.4) is 0 Å². The summed E-state index contributed by atoms with van der Waals surface area (Å²) in [6.07, 6.45) is 4.69. The van der Waals surface area contributed by atoms with E-state index in [-0.39, 0.29) is 0 Å². The maximum atomic E-state index is 12.5. The number of benzene rings is 1. The van der Waals surface area contributed by atoms with E-state index in [4.69, 9.17) is 0 Å². The molecule has 3 rings (SSSR count). The molecule has 114 valence electrons. The predicted molar refractivity (Wildman–Crippen MR) is 84.9 cm³/mol. The highest BCUT2D eigenvalue weighted by atomic mass is 16.2. The Hall–Kier alpha value is -1.35. The molecule has 2 fully saturated rings. The fraction of sp³-hybridized carbons (Fsp3) is 0.611. The Morgan fingerprint density at radius 3 is 2.52 bits per heavy atom. The molecule has 0 aromatic heterocycles. The molecule has 21 heavy (non-hydrogen) atoms. The number of hydrogen-bond acceptors (Lipinski definition) is 2. The van der Waals surface area contributed by atoms with Crippen molar-refractivity contribution < 1.29 is 4.79 Å². The number of piperazine rings is 1. The Bertz CT molecular complexity index is 467. The summed E-state index contributed by atoms with van der Waals surface area (Å²) in [5.41, 5.74) is 1.36. The van der Waals surface area contributed by atoms with Gasteiger partial charge in [-0.25, -0.2) is 0 Å². The van der Waals surface area contributed by atoms with Gasteiger partial charge in [-0.2, -0.15) is 0 Å². The van der Waals surface area contributed by atoms with Crippen LogP contribution in [0.1, 0.15) is 38.2 Å². The summed E-state index contributed by atoms with van der Waals surface area (Å²) in [6, 6.07) is 11.1. The van der Waals surface area contributed by atoms with E-state index in [1.54, 1.807) is 0 Å². The summed E-state index contributed by atoms with van der Waals surface area (Å²) in [4.78, 5) is 17.1. The Labute approximate surface area is 127 Å². The average Bonchev–Trinajstić information content (AvgIpc) is 3.04. The third-order valence-corrected chi connectivity index (χ3v) is 5.01. The van der Waals surface area contributed by atoms with Gasteiger partial charge in [0.05, 0.1) is 0 Å². The van der Waals surface area contributed by atoms with Gasteiger partial charge in [-0.3, -0.25) is 9.69 Å². The highest BCUT2D eigenvalue weighted by molar-refractivity contribution is 5.79. The Morgan fingerprint density at radius 1 is 1.14 bits per heavy atom. The van der Waals surface area contributed by atoms with E-state index in [9.17, 15) is 4.79 Å². The third-order valence-electron chi connectivity index (χ3n) is 5.01. The highest BCUT2D eigenvalue weighted by Crippen LogP contribution is 2.27. The van der Waals surface area contributed by atoms with Crippen LogP contribution < -0.4 is 0 Å². The number of hydrogen-bond donors (Lipinski definition) is 0. The van der Waals surface area contributed by atoms with Crippen molar-refractivity contribution in [3.8, 4) is 0 Å². The molecule has 1 aromatic rings. The second-order valence-corrected chi connectivity index (χ2v) is 6.57. The monoisotopic (exact) mass is 286 g/mol. The smallest absolute Gasteiger partial charge is 0.225 e. The van der Waals surface area contributed by atoms with Crippen LogP contribution in [0.4, 0.5) is 0 Å². The highest BCUT2D eigenvalue weighted by Gasteiger charge is 2.31. The molecular formula is C18H26N2O. The van der Waals surface area contributed by atoms with Gasteiger partial charge in [0, 0.05) is 38.1 Å². The Kier molecular flexibility index (Phi) is 4.59. The molecule has 0 bridgehead atoms. The van der Waals surface area contributed by atoms with Crippen molar-refractivity contribution in [2.75, 3.05) is 19.6 Å². The molecule has 1 unspecified atom stereocenters. The van der Waals surface area contributed by atoms with E-state index in [1.165, 1.54) is 18.4 Å². The summed E-state index contributed by atoms with van der Waals surface area (Å²) in [5, 5.41) is 0. The maximum absolute atomic E-state index is 12.5. The van der Waals surface area contributed by atoms with Crippen molar-refractivity contribution >= 4 is 5.91 Å². The first-order valence-corrected chi connectivity index (χ1v) is 8.31. The molecule has 0 spiro atoms. The molecule has 1 aromatic carbocycles. The molecule has 1 amide bonds. The van der Waals surface area contributed by atoms with Crippen molar-refractivity contribution in [2.24, 2.45) is 5.92 Å². The quantitative estimate of drug-likeness (QED) is 0.853. The third kappa shape index (κ3) is 3.46. The van der Waals surface area contributed by atoms with Gasteiger partial charge < -0.3 is 4.90 Å². The van der Waals surface area contributed by atoms with Crippen LogP contribution in [0, 0.1) is 5.92 Å². The zero-order chi connectivity index (χ0) is 14.7. The lowest BCUT2D eigenvalue weighted by Gasteiger charge is -2.40. The number of rotatable bonds is 3. The molecule has 0 radical (unpaired) electrons. The molecule has 3 heteroatoms. The zero-order valence-corrected chi connectivity index (χ0v) is 13.0. The van der Waals surface area contributed by atoms with E-state index < -0.39 is 0 Å². The lowest BCUT2D eigenvalue weighted by molar-refractivity contribution is -0.138. The number of amides is 1. The van der Waals surface area contributed by atoms with Crippen LogP contribution in [0.5, 0.6) is 0 Å². The van der Waals surface area contributed by atoms with Crippen molar-refractivity contribution in [3.05, 3.63) is 35.9 Å². The van der Waals surface area contributed by atoms with Gasteiger partial charge in [-0.05, 0) is 25.3 Å². The van der Waals surface area contributed by atoms with Crippen LogP contribution in [-0.4, -0.2) is 41.4 Å². The predicted octanol–water partition coefficient (Wildman–Crippen LogP) is 2.91. The zero-order valence-electron chi connectivity index (χ0n) is 13.0. The summed E-state index contributed by atoms with van der Waals surface area (Å²) in [7, 11) is 0. The fourth-order valence-electron chi connectivity index (χ4n) is 3.68. The summed E-state index contributed by atoms with van der Waals surface area (Å²) in [5.74, 6) is 0.733. The van der Waals surface area contributed by atoms with Gasteiger partial charge >= 0.3 is 0 Å². The molecule has 1 saturated heterocycles. The largest absolute Gasteiger partial charge is 0.340 e. The first kappa shape index (κ1) is 14.6. The van der Waals surface area contributed by atoms with Crippen LogP contribution in [0.15, 0.2) is 30.3 Å². The van der Waals surface area contributed by atoms with Crippen molar-refractivity contribution in [1.82, 2.24) is 9.80 Å². The molecular weight excluding hydrogens is 260 g/mol. The van der Waals surface area contributed by atoms with E-state index in [0.717, 1.165) is 39.0 Å². The molecule has 1 heterocycles. The first-order valence-electron chi connectivity index (χ1n) is 8.31. The second-order valence-electron chi connectivity index (χ2n) is 6.57. The van der Waals surface area contributed by atoms with E-state index >= 15 is 0 Å². The minimum absolute atomic E-state index is 0.317. The minimum atomic E-state index is 0.317. The van der Waals surface area contributed by atoms with Gasteiger partial charge in [0.25, 0.3) is 0 Å². The Balaban J connectivity index is 1.55. The van der Waals surface area contributed by atoms with Crippen molar-refractivity contribution in [2.45, 2.75) is 45.2 Å². The van der Waals surface area contributed by atoms with Gasteiger partial charge in [-0.15, -0.1) is 0 Å². The molecule has 1 atom stereocenters. The lowest BCUT2D eigenvalue weighted by Crippen LogP contribution is -2.54. The number of nitrogens with zero attached hydrogens (tertiary/aromatic N) is 2. The van der Waals surface area contributed by atoms with Crippen LogP contribution in [-0.2, 0) is 11.3 Å². The number of carbonyl (C=O) groups excluding carboxylic acids is 1. The van der Waals surface area contributed by atoms with Crippen LogP contribution in [0.2, 0.25) is 0 Å². The molecule has 1 aliphatic carbocycles. The number of carbonyl (C=O) groups is 1. The van der Waals surface area contributed by atoms with Crippen molar-refractivity contribution in [1.29, 1.82) is 0 Å². The maximum Gasteiger partial charge on any atom is 0.225 e. The van der Waals surface area contributed by atoms with Gasteiger partial charge in [0.2, 0.25) is 5.91 Å². The van der Waals surface area contributed by atoms with E-state index in [2.05, 4.69) is 47.1 Å². The average molecular weight is 286 g/mol. The van der Waals surface area contributed by atoms with Crippen LogP contribution >= 0.6 is 0 Å². The van der Waals surface area contributed by atoms with Gasteiger partial charge in [0.1, 0.15) is 0 Å². The molecule has 3 nitrogen and oxygen atoms in total. The summed E-state index contributed by atoms with van der Waals surface area (Å²) < 4.78 is 0. The molecule has 1 aliphatic heterocycles. The van der Waals surface area contributed by atoms with E-state index in [1.807, 2.05) is 0 Å². The molecule has 2 aliphatic rings. The Morgan fingerprint density at radius 2 is 1.86 bits per heavy atom.